The van der Waals surface area contributed by atoms with E-state index < -0.39 is 15.4 Å². The average molecular weight is 311 g/mol. The fourth-order valence-electron chi connectivity index (χ4n) is 2.89. The van der Waals surface area contributed by atoms with Crippen LogP contribution < -0.4 is 5.32 Å². The van der Waals surface area contributed by atoms with E-state index in [0.717, 1.165) is 25.8 Å². The summed E-state index contributed by atoms with van der Waals surface area (Å²) in [7, 11) is -2.95. The molecular weight excluding hydrogens is 288 g/mol. The van der Waals surface area contributed by atoms with Crippen molar-refractivity contribution in [3.63, 3.8) is 0 Å². The van der Waals surface area contributed by atoms with Crippen LogP contribution in [0.3, 0.4) is 0 Å². The van der Waals surface area contributed by atoms with Crippen LogP contribution in [0.2, 0.25) is 0 Å². The summed E-state index contributed by atoms with van der Waals surface area (Å²) >= 11 is 0. The highest BCUT2D eigenvalue weighted by molar-refractivity contribution is 7.91. The molecule has 0 aliphatic carbocycles. The SMILES string of the molecule is CCC1(C(=O)N2CCCS(=O)(=O)CC2)CCCN1.Cl. The van der Waals surface area contributed by atoms with Crippen molar-refractivity contribution in [1.29, 1.82) is 0 Å². The second-order valence-electron chi connectivity index (χ2n) is 5.26. The Morgan fingerprint density at radius 1 is 1.26 bits per heavy atom. The van der Waals surface area contributed by atoms with E-state index in [1.807, 2.05) is 6.92 Å². The third-order valence-electron chi connectivity index (χ3n) is 4.10. The van der Waals surface area contributed by atoms with E-state index in [9.17, 15) is 13.2 Å². The first-order chi connectivity index (χ1) is 8.49. The van der Waals surface area contributed by atoms with Crippen LogP contribution in [0.15, 0.2) is 0 Å². The molecule has 2 saturated heterocycles. The predicted molar refractivity (Wildman–Crippen MR) is 77.4 cm³/mol. The smallest absolute Gasteiger partial charge is 0.242 e. The minimum Gasteiger partial charge on any atom is -0.340 e. The van der Waals surface area contributed by atoms with Crippen molar-refractivity contribution in [3.05, 3.63) is 0 Å². The Morgan fingerprint density at radius 3 is 2.58 bits per heavy atom. The predicted octanol–water partition coefficient (Wildman–Crippen LogP) is 0.587. The lowest BCUT2D eigenvalue weighted by Gasteiger charge is -2.33. The summed E-state index contributed by atoms with van der Waals surface area (Å²) in [5.41, 5.74) is -0.436. The van der Waals surface area contributed by atoms with Gasteiger partial charge in [-0.1, -0.05) is 6.92 Å². The second-order valence-corrected chi connectivity index (χ2v) is 7.57. The van der Waals surface area contributed by atoms with Crippen molar-refractivity contribution in [2.45, 2.75) is 38.1 Å². The number of rotatable bonds is 2. The van der Waals surface area contributed by atoms with Gasteiger partial charge in [-0.25, -0.2) is 8.42 Å². The molecule has 2 aliphatic rings. The van der Waals surface area contributed by atoms with Crippen molar-refractivity contribution in [1.82, 2.24) is 10.2 Å². The van der Waals surface area contributed by atoms with Crippen LogP contribution >= 0.6 is 12.4 Å². The number of sulfone groups is 1. The second kappa shape index (κ2) is 6.41. The van der Waals surface area contributed by atoms with Crippen molar-refractivity contribution < 1.29 is 13.2 Å². The number of nitrogens with zero attached hydrogens (tertiary/aromatic N) is 1. The fourth-order valence-corrected chi connectivity index (χ4v) is 4.16. The van der Waals surface area contributed by atoms with Crippen molar-refractivity contribution in [3.8, 4) is 0 Å². The highest BCUT2D eigenvalue weighted by Crippen LogP contribution is 2.26. The summed E-state index contributed by atoms with van der Waals surface area (Å²) < 4.78 is 23.1. The summed E-state index contributed by atoms with van der Waals surface area (Å²) in [4.78, 5) is 14.3. The summed E-state index contributed by atoms with van der Waals surface area (Å²) in [5, 5.41) is 3.32. The van der Waals surface area contributed by atoms with E-state index in [0.29, 0.717) is 19.5 Å². The van der Waals surface area contributed by atoms with E-state index in [-0.39, 0.29) is 29.8 Å². The van der Waals surface area contributed by atoms with Crippen LogP contribution in [0.1, 0.15) is 32.6 Å². The largest absolute Gasteiger partial charge is 0.340 e. The molecule has 0 aromatic carbocycles. The van der Waals surface area contributed by atoms with Crippen molar-refractivity contribution in [2.75, 3.05) is 31.1 Å². The lowest BCUT2D eigenvalue weighted by molar-refractivity contribution is -0.137. The van der Waals surface area contributed by atoms with Gasteiger partial charge in [0.2, 0.25) is 5.91 Å². The Kier molecular flexibility index (Phi) is 5.65. The van der Waals surface area contributed by atoms with Crippen LogP contribution in [-0.2, 0) is 14.6 Å². The molecular formula is C12H23ClN2O3S. The van der Waals surface area contributed by atoms with Gasteiger partial charge in [0.25, 0.3) is 0 Å². The van der Waals surface area contributed by atoms with Gasteiger partial charge in [0, 0.05) is 13.1 Å². The van der Waals surface area contributed by atoms with Gasteiger partial charge in [-0.3, -0.25) is 4.79 Å². The first-order valence-corrected chi connectivity index (χ1v) is 8.56. The van der Waals surface area contributed by atoms with Gasteiger partial charge in [-0.15, -0.1) is 12.4 Å². The third-order valence-corrected chi connectivity index (χ3v) is 5.81. The fraction of sp³-hybridized carbons (Fsp3) is 0.917. The molecule has 5 nitrogen and oxygen atoms in total. The lowest BCUT2D eigenvalue weighted by Crippen LogP contribution is -2.55. The summed E-state index contributed by atoms with van der Waals surface area (Å²) in [6.45, 7) is 3.82. The molecule has 2 rings (SSSR count). The van der Waals surface area contributed by atoms with E-state index >= 15 is 0 Å². The monoisotopic (exact) mass is 310 g/mol. The van der Waals surface area contributed by atoms with Crippen LogP contribution in [0.5, 0.6) is 0 Å². The molecule has 0 saturated carbocycles. The molecule has 1 unspecified atom stereocenters. The lowest BCUT2D eigenvalue weighted by atomic mass is 9.92. The molecule has 0 radical (unpaired) electrons. The Morgan fingerprint density at radius 2 is 2.00 bits per heavy atom. The Hall–Kier alpha value is -0.330. The summed E-state index contributed by atoms with van der Waals surface area (Å²) in [6, 6.07) is 0. The molecule has 19 heavy (non-hydrogen) atoms. The van der Waals surface area contributed by atoms with E-state index in [4.69, 9.17) is 0 Å². The minimum absolute atomic E-state index is 0. The van der Waals surface area contributed by atoms with Gasteiger partial charge in [0.1, 0.15) is 0 Å². The number of hydrogen-bond donors (Lipinski definition) is 1. The standard InChI is InChI=1S/C12H22N2O3S.ClH/c1-2-12(5-3-6-13-12)11(15)14-7-4-9-18(16,17)10-8-14;/h13H,2-10H2,1H3;1H. The number of hydrogen-bond acceptors (Lipinski definition) is 4. The molecule has 2 fully saturated rings. The molecule has 0 spiro atoms. The van der Waals surface area contributed by atoms with Gasteiger partial charge < -0.3 is 10.2 Å². The molecule has 1 atom stereocenters. The number of carbonyl (C=O) groups excluding carboxylic acids is 1. The highest BCUT2D eigenvalue weighted by atomic mass is 35.5. The van der Waals surface area contributed by atoms with Gasteiger partial charge >= 0.3 is 0 Å². The third kappa shape index (κ3) is 3.61. The zero-order valence-electron chi connectivity index (χ0n) is 11.4. The Labute approximate surface area is 121 Å². The normalized spacial score (nSPS) is 30.5. The highest BCUT2D eigenvalue weighted by Gasteiger charge is 2.42. The molecule has 2 heterocycles. The van der Waals surface area contributed by atoms with Crippen molar-refractivity contribution in [2.24, 2.45) is 0 Å². The van der Waals surface area contributed by atoms with Crippen LogP contribution in [0.4, 0.5) is 0 Å². The van der Waals surface area contributed by atoms with Crippen LogP contribution in [0, 0.1) is 0 Å². The van der Waals surface area contributed by atoms with Gasteiger partial charge in [-0.2, -0.15) is 0 Å². The Balaban J connectivity index is 0.00000180. The van der Waals surface area contributed by atoms with Gasteiger partial charge in [0.05, 0.1) is 17.0 Å². The number of amides is 1. The van der Waals surface area contributed by atoms with Gasteiger partial charge in [-0.05, 0) is 32.2 Å². The molecule has 0 aromatic heterocycles. The number of halogens is 1. The average Bonchev–Trinajstić information content (AvgIpc) is 2.75. The maximum Gasteiger partial charge on any atom is 0.242 e. The Bertz CT molecular complexity index is 419. The first kappa shape index (κ1) is 16.7. The van der Waals surface area contributed by atoms with E-state index in [1.54, 1.807) is 4.90 Å². The van der Waals surface area contributed by atoms with Crippen molar-refractivity contribution >= 4 is 28.2 Å². The molecule has 0 aromatic rings. The van der Waals surface area contributed by atoms with Crippen LogP contribution in [-0.4, -0.2) is 55.9 Å². The van der Waals surface area contributed by atoms with Crippen LogP contribution in [0.25, 0.3) is 0 Å². The molecule has 1 N–H and O–H groups in total. The summed E-state index contributed by atoms with van der Waals surface area (Å²) in [5.74, 6) is 0.418. The molecule has 1 amide bonds. The van der Waals surface area contributed by atoms with E-state index in [1.165, 1.54) is 0 Å². The maximum absolute atomic E-state index is 12.6. The maximum atomic E-state index is 12.6. The topological polar surface area (TPSA) is 66.5 Å². The molecule has 7 heteroatoms. The zero-order valence-corrected chi connectivity index (χ0v) is 13.0. The number of carbonyl (C=O) groups is 1. The first-order valence-electron chi connectivity index (χ1n) is 6.74. The minimum atomic E-state index is -2.95. The molecule has 112 valence electrons. The van der Waals surface area contributed by atoms with Gasteiger partial charge in [0.15, 0.2) is 9.84 Å². The quantitative estimate of drug-likeness (QED) is 0.810. The van der Waals surface area contributed by atoms with E-state index in [2.05, 4.69) is 5.32 Å². The number of nitrogens with one attached hydrogen (secondary N) is 1. The summed E-state index contributed by atoms with van der Waals surface area (Å²) in [6.07, 6.45) is 3.22. The molecule has 0 bridgehead atoms. The molecule has 2 aliphatic heterocycles. The zero-order chi connectivity index (χ0) is 13.2.